The SMILES string of the molecule is CC1(C)CN(C2CCCC2)C(C2CCCCC2)CN1. The molecule has 3 rings (SSSR count). The summed E-state index contributed by atoms with van der Waals surface area (Å²) >= 11 is 0. The summed E-state index contributed by atoms with van der Waals surface area (Å²) in [6.45, 7) is 7.26. The molecule has 0 aromatic heterocycles. The molecule has 3 fully saturated rings. The molecule has 2 heteroatoms. The zero-order valence-electron chi connectivity index (χ0n) is 13.0. The van der Waals surface area contributed by atoms with Gasteiger partial charge in [0.25, 0.3) is 0 Å². The highest BCUT2D eigenvalue weighted by molar-refractivity contribution is 4.98. The molecule has 1 aliphatic heterocycles. The lowest BCUT2D eigenvalue weighted by Crippen LogP contribution is -2.65. The number of nitrogens with one attached hydrogen (secondary N) is 1. The van der Waals surface area contributed by atoms with Crippen molar-refractivity contribution in [3.05, 3.63) is 0 Å². The highest BCUT2D eigenvalue weighted by Gasteiger charge is 2.40. The van der Waals surface area contributed by atoms with E-state index in [0.717, 1.165) is 18.0 Å². The van der Waals surface area contributed by atoms with Gasteiger partial charge in [0.05, 0.1) is 0 Å². The van der Waals surface area contributed by atoms with Crippen LogP contribution in [0.3, 0.4) is 0 Å². The topological polar surface area (TPSA) is 15.3 Å². The smallest absolute Gasteiger partial charge is 0.0253 e. The van der Waals surface area contributed by atoms with Gasteiger partial charge in [-0.1, -0.05) is 32.1 Å². The third-order valence-electron chi connectivity index (χ3n) is 5.78. The minimum Gasteiger partial charge on any atom is -0.309 e. The van der Waals surface area contributed by atoms with Crippen LogP contribution in [0.5, 0.6) is 0 Å². The molecule has 3 aliphatic rings. The maximum absolute atomic E-state index is 3.82. The van der Waals surface area contributed by atoms with Crippen LogP contribution in [0.2, 0.25) is 0 Å². The van der Waals surface area contributed by atoms with Gasteiger partial charge in [0.1, 0.15) is 0 Å². The number of hydrogen-bond donors (Lipinski definition) is 1. The fraction of sp³-hybridized carbons (Fsp3) is 1.00. The zero-order valence-corrected chi connectivity index (χ0v) is 13.0. The van der Waals surface area contributed by atoms with Gasteiger partial charge in [-0.05, 0) is 45.4 Å². The summed E-state index contributed by atoms with van der Waals surface area (Å²) in [6, 6.07) is 1.73. The quantitative estimate of drug-likeness (QED) is 0.820. The van der Waals surface area contributed by atoms with Crippen molar-refractivity contribution in [2.75, 3.05) is 13.1 Å². The number of rotatable bonds is 2. The molecule has 1 N–H and O–H groups in total. The van der Waals surface area contributed by atoms with E-state index in [1.54, 1.807) is 0 Å². The zero-order chi connectivity index (χ0) is 13.3. The first-order valence-corrected chi connectivity index (χ1v) is 8.66. The maximum Gasteiger partial charge on any atom is 0.0253 e. The minimum absolute atomic E-state index is 0.313. The van der Waals surface area contributed by atoms with Crippen molar-refractivity contribution in [3.8, 4) is 0 Å². The van der Waals surface area contributed by atoms with Gasteiger partial charge < -0.3 is 5.32 Å². The molecule has 0 radical (unpaired) electrons. The molecule has 19 heavy (non-hydrogen) atoms. The molecule has 1 heterocycles. The third kappa shape index (κ3) is 3.16. The Morgan fingerprint density at radius 2 is 1.53 bits per heavy atom. The van der Waals surface area contributed by atoms with E-state index in [4.69, 9.17) is 0 Å². The van der Waals surface area contributed by atoms with E-state index in [1.807, 2.05) is 0 Å². The molecule has 110 valence electrons. The number of hydrogen-bond acceptors (Lipinski definition) is 2. The van der Waals surface area contributed by atoms with Crippen LogP contribution in [0, 0.1) is 5.92 Å². The Morgan fingerprint density at radius 1 is 0.895 bits per heavy atom. The van der Waals surface area contributed by atoms with Crippen molar-refractivity contribution >= 4 is 0 Å². The van der Waals surface area contributed by atoms with Crippen LogP contribution in [0.25, 0.3) is 0 Å². The van der Waals surface area contributed by atoms with Gasteiger partial charge in [0.2, 0.25) is 0 Å². The van der Waals surface area contributed by atoms with E-state index >= 15 is 0 Å². The van der Waals surface area contributed by atoms with Gasteiger partial charge in [0, 0.05) is 30.7 Å². The Hall–Kier alpha value is -0.0800. The van der Waals surface area contributed by atoms with Gasteiger partial charge in [-0.15, -0.1) is 0 Å². The van der Waals surface area contributed by atoms with Crippen molar-refractivity contribution in [1.82, 2.24) is 10.2 Å². The number of piperazine rings is 1. The van der Waals surface area contributed by atoms with Gasteiger partial charge in [-0.25, -0.2) is 0 Å². The van der Waals surface area contributed by atoms with Crippen LogP contribution in [0.1, 0.15) is 71.6 Å². The molecule has 2 saturated carbocycles. The van der Waals surface area contributed by atoms with Crippen molar-refractivity contribution < 1.29 is 0 Å². The molecule has 1 saturated heterocycles. The molecule has 0 aromatic rings. The summed E-state index contributed by atoms with van der Waals surface area (Å²) in [7, 11) is 0. The molecular weight excluding hydrogens is 232 g/mol. The molecule has 0 aromatic carbocycles. The van der Waals surface area contributed by atoms with E-state index < -0.39 is 0 Å². The Bertz CT molecular complexity index is 288. The maximum atomic E-state index is 3.82. The predicted molar refractivity (Wildman–Crippen MR) is 81.4 cm³/mol. The van der Waals surface area contributed by atoms with E-state index in [9.17, 15) is 0 Å². The first-order chi connectivity index (χ1) is 9.16. The van der Waals surface area contributed by atoms with Gasteiger partial charge in [-0.3, -0.25) is 4.90 Å². The van der Waals surface area contributed by atoms with E-state index in [1.165, 1.54) is 70.9 Å². The number of nitrogens with zero attached hydrogens (tertiary/aromatic N) is 1. The average Bonchev–Trinajstić information content (AvgIpc) is 2.92. The van der Waals surface area contributed by atoms with Crippen LogP contribution >= 0.6 is 0 Å². The molecule has 1 atom stereocenters. The third-order valence-corrected chi connectivity index (χ3v) is 5.78. The second-order valence-corrected chi connectivity index (χ2v) is 7.84. The van der Waals surface area contributed by atoms with Crippen molar-refractivity contribution in [2.24, 2.45) is 5.92 Å². The summed E-state index contributed by atoms with van der Waals surface area (Å²) < 4.78 is 0. The van der Waals surface area contributed by atoms with Crippen LogP contribution in [-0.2, 0) is 0 Å². The monoisotopic (exact) mass is 264 g/mol. The van der Waals surface area contributed by atoms with Crippen molar-refractivity contribution in [3.63, 3.8) is 0 Å². The molecule has 0 spiro atoms. The van der Waals surface area contributed by atoms with Crippen molar-refractivity contribution in [2.45, 2.75) is 89.3 Å². The lowest BCUT2D eigenvalue weighted by molar-refractivity contribution is 0.0164. The Labute approximate surface area is 119 Å². The Balaban J connectivity index is 1.71. The molecule has 0 bridgehead atoms. The lowest BCUT2D eigenvalue weighted by Gasteiger charge is -2.50. The van der Waals surface area contributed by atoms with Crippen molar-refractivity contribution in [1.29, 1.82) is 0 Å². The summed E-state index contributed by atoms with van der Waals surface area (Å²) in [5.41, 5.74) is 0.313. The fourth-order valence-electron chi connectivity index (χ4n) is 4.72. The van der Waals surface area contributed by atoms with Crippen LogP contribution in [0.4, 0.5) is 0 Å². The predicted octanol–water partition coefficient (Wildman–Crippen LogP) is 3.56. The first-order valence-electron chi connectivity index (χ1n) is 8.66. The van der Waals surface area contributed by atoms with E-state index in [0.29, 0.717) is 5.54 Å². The Morgan fingerprint density at radius 3 is 2.21 bits per heavy atom. The van der Waals surface area contributed by atoms with E-state index in [2.05, 4.69) is 24.1 Å². The van der Waals surface area contributed by atoms with Gasteiger partial charge in [0.15, 0.2) is 0 Å². The summed E-state index contributed by atoms with van der Waals surface area (Å²) in [4.78, 5) is 2.93. The molecule has 2 aliphatic carbocycles. The highest BCUT2D eigenvalue weighted by Crippen LogP contribution is 2.35. The summed E-state index contributed by atoms with van der Waals surface area (Å²) in [5.74, 6) is 0.970. The van der Waals surface area contributed by atoms with Crippen LogP contribution in [0.15, 0.2) is 0 Å². The standard InChI is InChI=1S/C17H32N2/c1-17(2)13-19(15-10-6-7-11-15)16(12-18-17)14-8-4-3-5-9-14/h14-16,18H,3-13H2,1-2H3. The van der Waals surface area contributed by atoms with Crippen LogP contribution < -0.4 is 5.32 Å². The average molecular weight is 264 g/mol. The normalized spacial score (nSPS) is 34.7. The summed E-state index contributed by atoms with van der Waals surface area (Å²) in [6.07, 6.45) is 13.2. The van der Waals surface area contributed by atoms with Crippen LogP contribution in [-0.4, -0.2) is 35.6 Å². The summed E-state index contributed by atoms with van der Waals surface area (Å²) in [5, 5.41) is 3.82. The second-order valence-electron chi connectivity index (χ2n) is 7.84. The molecule has 2 nitrogen and oxygen atoms in total. The second kappa shape index (κ2) is 5.73. The highest BCUT2D eigenvalue weighted by atomic mass is 15.3. The fourth-order valence-corrected chi connectivity index (χ4v) is 4.72. The molecule has 1 unspecified atom stereocenters. The lowest BCUT2D eigenvalue weighted by atomic mass is 9.80. The molecular formula is C17H32N2. The van der Waals surface area contributed by atoms with E-state index in [-0.39, 0.29) is 0 Å². The largest absolute Gasteiger partial charge is 0.309 e. The Kier molecular flexibility index (Phi) is 4.19. The van der Waals surface area contributed by atoms with Gasteiger partial charge in [-0.2, -0.15) is 0 Å². The van der Waals surface area contributed by atoms with Gasteiger partial charge >= 0.3 is 0 Å². The first kappa shape index (κ1) is 13.9. The molecule has 0 amide bonds. The minimum atomic E-state index is 0.313.